The molecular weight excluding hydrogens is 288 g/mol. The monoisotopic (exact) mass is 308 g/mol. The maximum Gasteiger partial charge on any atom is 0.241 e. The molecule has 0 saturated carbocycles. The summed E-state index contributed by atoms with van der Waals surface area (Å²) in [4.78, 5) is 0.287. The third kappa shape index (κ3) is 3.72. The van der Waals surface area contributed by atoms with E-state index >= 15 is 0 Å². The largest absolute Gasteiger partial charge is 0.465 e. The molecule has 2 aromatic rings. The summed E-state index contributed by atoms with van der Waals surface area (Å²) in [6.45, 7) is 4.08. The lowest BCUT2D eigenvalue weighted by Crippen LogP contribution is -2.28. The molecule has 5 nitrogen and oxygen atoms in total. The summed E-state index contributed by atoms with van der Waals surface area (Å²) in [5.41, 5.74) is 0.732. The summed E-state index contributed by atoms with van der Waals surface area (Å²) < 4.78 is 33.2. The molecule has 1 aromatic heterocycles. The third-order valence-corrected chi connectivity index (χ3v) is 4.79. The summed E-state index contributed by atoms with van der Waals surface area (Å²) in [5.74, 6) is 1.36. The van der Waals surface area contributed by atoms with Gasteiger partial charge in [0, 0.05) is 6.54 Å². The molecule has 0 radical (unpaired) electrons. The number of benzene rings is 1. The molecule has 0 amide bonds. The fourth-order valence-electron chi connectivity index (χ4n) is 2.14. The van der Waals surface area contributed by atoms with E-state index in [1.165, 1.54) is 0 Å². The summed E-state index contributed by atoms with van der Waals surface area (Å²) in [6, 6.07) is 10.1. The Morgan fingerprint density at radius 2 is 1.90 bits per heavy atom. The zero-order valence-electron chi connectivity index (χ0n) is 12.4. The Kier molecular flexibility index (Phi) is 4.82. The predicted molar refractivity (Wildman–Crippen MR) is 81.4 cm³/mol. The van der Waals surface area contributed by atoms with Gasteiger partial charge in [-0.25, -0.2) is 13.1 Å². The first-order valence-corrected chi connectivity index (χ1v) is 8.23. The van der Waals surface area contributed by atoms with Gasteiger partial charge in [0.2, 0.25) is 10.0 Å². The first kappa shape index (κ1) is 15.8. The Labute approximate surface area is 125 Å². The van der Waals surface area contributed by atoms with Crippen LogP contribution in [0.5, 0.6) is 0 Å². The van der Waals surface area contributed by atoms with Gasteiger partial charge >= 0.3 is 0 Å². The summed E-state index contributed by atoms with van der Waals surface area (Å²) >= 11 is 0. The molecule has 6 heteroatoms. The molecule has 1 heterocycles. The van der Waals surface area contributed by atoms with Crippen LogP contribution in [0.4, 0.5) is 0 Å². The Morgan fingerprint density at radius 1 is 1.19 bits per heavy atom. The van der Waals surface area contributed by atoms with Crippen LogP contribution in [0, 0.1) is 6.92 Å². The van der Waals surface area contributed by atoms with Crippen molar-refractivity contribution in [2.75, 3.05) is 7.05 Å². The zero-order valence-corrected chi connectivity index (χ0v) is 13.2. The van der Waals surface area contributed by atoms with Gasteiger partial charge in [-0.05, 0) is 44.7 Å². The highest BCUT2D eigenvalue weighted by Crippen LogP contribution is 2.21. The molecule has 1 unspecified atom stereocenters. The number of aryl methyl sites for hydroxylation is 1. The SMILES string of the molecule is CNCc1ccccc1S(=O)(=O)NC(C)c1ccc(C)o1. The summed E-state index contributed by atoms with van der Waals surface area (Å²) in [7, 11) is -1.82. The van der Waals surface area contributed by atoms with Gasteiger partial charge in [0.05, 0.1) is 10.9 Å². The average molecular weight is 308 g/mol. The highest BCUT2D eigenvalue weighted by Gasteiger charge is 2.22. The van der Waals surface area contributed by atoms with Gasteiger partial charge in [0.25, 0.3) is 0 Å². The van der Waals surface area contributed by atoms with Crippen LogP contribution in [0.3, 0.4) is 0 Å². The van der Waals surface area contributed by atoms with E-state index in [1.54, 1.807) is 38.2 Å². The fraction of sp³-hybridized carbons (Fsp3) is 0.333. The molecule has 21 heavy (non-hydrogen) atoms. The van der Waals surface area contributed by atoms with E-state index in [2.05, 4.69) is 10.0 Å². The highest BCUT2D eigenvalue weighted by atomic mass is 32.2. The van der Waals surface area contributed by atoms with Crippen LogP contribution in [0.2, 0.25) is 0 Å². The lowest BCUT2D eigenvalue weighted by molar-refractivity contribution is 0.441. The standard InChI is InChI=1S/C15H20N2O3S/c1-11-8-9-14(20-11)12(2)17-21(18,19)15-7-5-4-6-13(15)10-16-3/h4-9,12,16-17H,10H2,1-3H3. The van der Waals surface area contributed by atoms with Crippen LogP contribution in [0.25, 0.3) is 0 Å². The molecule has 0 aliphatic carbocycles. The van der Waals surface area contributed by atoms with Gasteiger partial charge in [-0.1, -0.05) is 18.2 Å². The molecular formula is C15H20N2O3S. The Bertz CT molecular complexity index is 707. The Hall–Kier alpha value is -1.63. The molecule has 2 N–H and O–H groups in total. The molecule has 0 bridgehead atoms. The lowest BCUT2D eigenvalue weighted by atomic mass is 10.2. The lowest BCUT2D eigenvalue weighted by Gasteiger charge is -2.15. The first-order valence-electron chi connectivity index (χ1n) is 6.75. The van der Waals surface area contributed by atoms with Gasteiger partial charge in [-0.2, -0.15) is 0 Å². The van der Waals surface area contributed by atoms with Crippen LogP contribution >= 0.6 is 0 Å². The van der Waals surface area contributed by atoms with Crippen LogP contribution in [-0.4, -0.2) is 15.5 Å². The summed E-state index contributed by atoms with van der Waals surface area (Å²) in [5, 5.41) is 2.97. The van der Waals surface area contributed by atoms with E-state index in [9.17, 15) is 8.42 Å². The second-order valence-electron chi connectivity index (χ2n) is 4.93. The minimum absolute atomic E-state index is 0.287. The van der Waals surface area contributed by atoms with E-state index in [4.69, 9.17) is 4.42 Å². The molecule has 0 spiro atoms. The number of sulfonamides is 1. The molecule has 0 aliphatic heterocycles. The molecule has 1 aromatic carbocycles. The predicted octanol–water partition coefficient (Wildman–Crippen LogP) is 2.35. The van der Waals surface area contributed by atoms with Crippen molar-refractivity contribution >= 4 is 10.0 Å². The van der Waals surface area contributed by atoms with Gasteiger partial charge in [0.15, 0.2) is 0 Å². The van der Waals surface area contributed by atoms with Gasteiger partial charge in [-0.3, -0.25) is 0 Å². The second-order valence-corrected chi connectivity index (χ2v) is 6.61. The molecule has 0 saturated heterocycles. The topological polar surface area (TPSA) is 71.3 Å². The van der Waals surface area contributed by atoms with Crippen molar-refractivity contribution in [1.29, 1.82) is 0 Å². The number of hydrogen-bond acceptors (Lipinski definition) is 4. The molecule has 0 fully saturated rings. The quantitative estimate of drug-likeness (QED) is 0.859. The van der Waals surface area contributed by atoms with Gasteiger partial charge in [-0.15, -0.1) is 0 Å². The molecule has 0 aliphatic rings. The summed E-state index contributed by atoms with van der Waals surface area (Å²) in [6.07, 6.45) is 0. The second kappa shape index (κ2) is 6.43. The number of hydrogen-bond donors (Lipinski definition) is 2. The van der Waals surface area contributed by atoms with E-state index < -0.39 is 16.1 Å². The molecule has 2 rings (SSSR count). The van der Waals surface area contributed by atoms with Crippen molar-refractivity contribution in [2.45, 2.75) is 31.3 Å². The number of rotatable bonds is 6. The minimum Gasteiger partial charge on any atom is -0.465 e. The van der Waals surface area contributed by atoms with E-state index in [0.29, 0.717) is 12.3 Å². The van der Waals surface area contributed by atoms with Crippen molar-refractivity contribution in [3.63, 3.8) is 0 Å². The van der Waals surface area contributed by atoms with Crippen molar-refractivity contribution in [1.82, 2.24) is 10.0 Å². The van der Waals surface area contributed by atoms with Crippen molar-refractivity contribution in [2.24, 2.45) is 0 Å². The smallest absolute Gasteiger partial charge is 0.241 e. The highest BCUT2D eigenvalue weighted by molar-refractivity contribution is 7.89. The van der Waals surface area contributed by atoms with Crippen molar-refractivity contribution < 1.29 is 12.8 Å². The van der Waals surface area contributed by atoms with Crippen molar-refractivity contribution in [3.8, 4) is 0 Å². The van der Waals surface area contributed by atoms with Crippen molar-refractivity contribution in [3.05, 3.63) is 53.5 Å². The van der Waals surface area contributed by atoms with Crippen LogP contribution in [0.1, 0.15) is 30.0 Å². The van der Waals surface area contributed by atoms with Crippen LogP contribution < -0.4 is 10.0 Å². The minimum atomic E-state index is -3.60. The van der Waals surface area contributed by atoms with E-state index in [1.807, 2.05) is 19.1 Å². The van der Waals surface area contributed by atoms with Gasteiger partial charge in [0.1, 0.15) is 11.5 Å². The first-order chi connectivity index (χ1) is 9.94. The molecule has 1 atom stereocenters. The normalized spacial score (nSPS) is 13.3. The average Bonchev–Trinajstić information content (AvgIpc) is 2.86. The Morgan fingerprint density at radius 3 is 2.52 bits per heavy atom. The molecule has 114 valence electrons. The Balaban J connectivity index is 2.26. The number of furan rings is 1. The fourth-order valence-corrected chi connectivity index (χ4v) is 3.59. The van der Waals surface area contributed by atoms with E-state index in [0.717, 1.165) is 11.3 Å². The van der Waals surface area contributed by atoms with Gasteiger partial charge < -0.3 is 9.73 Å². The van der Waals surface area contributed by atoms with Crippen LogP contribution in [0.15, 0.2) is 45.7 Å². The number of nitrogens with one attached hydrogen (secondary N) is 2. The maximum atomic E-state index is 12.5. The maximum absolute atomic E-state index is 12.5. The van der Waals surface area contributed by atoms with Crippen LogP contribution in [-0.2, 0) is 16.6 Å². The third-order valence-electron chi connectivity index (χ3n) is 3.15. The van der Waals surface area contributed by atoms with E-state index in [-0.39, 0.29) is 4.90 Å². The zero-order chi connectivity index (χ0) is 15.5.